The summed E-state index contributed by atoms with van der Waals surface area (Å²) in [6.07, 6.45) is 0. The highest BCUT2D eigenvalue weighted by Crippen LogP contribution is 2.17. The highest BCUT2D eigenvalue weighted by atomic mass is 19.1. The van der Waals surface area contributed by atoms with Gasteiger partial charge >= 0.3 is 5.97 Å². The van der Waals surface area contributed by atoms with Gasteiger partial charge in [-0.05, 0) is 47.9 Å². The molecule has 0 aliphatic heterocycles. The predicted molar refractivity (Wildman–Crippen MR) is 99.5 cm³/mol. The Balaban J connectivity index is 2.05. The lowest BCUT2D eigenvalue weighted by Gasteiger charge is -2.18. The molecule has 0 unspecified atom stereocenters. The Labute approximate surface area is 156 Å². The van der Waals surface area contributed by atoms with Crippen LogP contribution in [0.1, 0.15) is 51.8 Å². The fourth-order valence-corrected chi connectivity index (χ4v) is 2.16. The third-order valence-electron chi connectivity index (χ3n) is 3.65. The van der Waals surface area contributed by atoms with Crippen LogP contribution in [-0.4, -0.2) is 29.4 Å². The zero-order valence-corrected chi connectivity index (χ0v) is 15.3. The van der Waals surface area contributed by atoms with Crippen LogP contribution in [-0.2, 0) is 0 Å². The second-order valence-corrected chi connectivity index (χ2v) is 7.27. The average molecular weight is 372 g/mol. The van der Waals surface area contributed by atoms with E-state index >= 15 is 0 Å². The van der Waals surface area contributed by atoms with E-state index in [1.165, 1.54) is 36.4 Å². The number of amides is 2. The van der Waals surface area contributed by atoms with Crippen LogP contribution in [0.25, 0.3) is 0 Å². The number of hydrogen-bond acceptors (Lipinski definition) is 3. The van der Waals surface area contributed by atoms with E-state index in [-0.39, 0.29) is 28.1 Å². The molecule has 0 aliphatic carbocycles. The molecule has 0 radical (unpaired) electrons. The number of carboxylic acid groups (broad SMARTS) is 1. The molecule has 142 valence electrons. The van der Waals surface area contributed by atoms with Crippen molar-refractivity contribution in [2.45, 2.75) is 20.8 Å². The number of carbonyl (C=O) groups excluding carboxylic acids is 2. The molecule has 0 saturated heterocycles. The molecule has 0 saturated carbocycles. The van der Waals surface area contributed by atoms with Crippen LogP contribution in [0.5, 0.6) is 0 Å². The summed E-state index contributed by atoms with van der Waals surface area (Å²) >= 11 is 0. The van der Waals surface area contributed by atoms with Crippen LogP contribution < -0.4 is 10.6 Å². The summed E-state index contributed by atoms with van der Waals surface area (Å²) in [6.45, 7) is 6.52. The van der Waals surface area contributed by atoms with E-state index in [1.54, 1.807) is 0 Å². The van der Waals surface area contributed by atoms with Crippen LogP contribution in [0.4, 0.5) is 10.1 Å². The second kappa shape index (κ2) is 7.99. The van der Waals surface area contributed by atoms with Gasteiger partial charge in [-0.15, -0.1) is 0 Å². The summed E-state index contributed by atoms with van der Waals surface area (Å²) in [7, 11) is 0. The number of carboxylic acids is 1. The van der Waals surface area contributed by atoms with E-state index in [9.17, 15) is 18.8 Å². The fraction of sp³-hybridized carbons (Fsp3) is 0.250. The molecule has 0 fully saturated rings. The number of carbonyl (C=O) groups is 3. The van der Waals surface area contributed by atoms with Crippen molar-refractivity contribution in [3.8, 4) is 0 Å². The van der Waals surface area contributed by atoms with Crippen LogP contribution in [0.15, 0.2) is 42.5 Å². The summed E-state index contributed by atoms with van der Waals surface area (Å²) in [4.78, 5) is 35.1. The van der Waals surface area contributed by atoms with Crippen LogP contribution in [0.2, 0.25) is 0 Å². The summed E-state index contributed by atoms with van der Waals surface area (Å²) in [6, 6.07) is 9.17. The average Bonchev–Trinajstić information content (AvgIpc) is 2.60. The molecule has 0 aromatic heterocycles. The Bertz CT molecular complexity index is 871. The summed E-state index contributed by atoms with van der Waals surface area (Å²) in [5, 5.41) is 14.0. The van der Waals surface area contributed by atoms with Crippen molar-refractivity contribution in [1.82, 2.24) is 5.32 Å². The molecule has 2 rings (SSSR count). The maximum absolute atomic E-state index is 13.9. The Morgan fingerprint density at radius 1 is 0.926 bits per heavy atom. The van der Waals surface area contributed by atoms with Gasteiger partial charge in [0.15, 0.2) is 0 Å². The Kier molecular flexibility index (Phi) is 5.95. The van der Waals surface area contributed by atoms with E-state index in [0.29, 0.717) is 12.1 Å². The summed E-state index contributed by atoms with van der Waals surface area (Å²) < 4.78 is 13.9. The van der Waals surface area contributed by atoms with Gasteiger partial charge in [-0.25, -0.2) is 9.18 Å². The smallest absolute Gasteiger partial charge is 0.335 e. The van der Waals surface area contributed by atoms with E-state index in [1.807, 2.05) is 20.8 Å². The standard InChI is InChI=1S/C20H21FN2O4/c1-20(2,3)11-22-17(24)12-4-6-13(7-5-12)18(25)23-16-9-8-14(19(26)27)10-15(16)21/h4-10H,11H2,1-3H3,(H,22,24)(H,23,25)(H,26,27). The third kappa shape index (κ3) is 5.64. The molecule has 0 aliphatic rings. The molecule has 2 aromatic carbocycles. The van der Waals surface area contributed by atoms with Gasteiger partial charge in [-0.2, -0.15) is 0 Å². The minimum Gasteiger partial charge on any atom is -0.478 e. The van der Waals surface area contributed by atoms with Crippen LogP contribution >= 0.6 is 0 Å². The predicted octanol–water partition coefficient (Wildman–Crippen LogP) is 3.55. The van der Waals surface area contributed by atoms with Gasteiger partial charge in [-0.3, -0.25) is 9.59 Å². The molecule has 0 atom stereocenters. The molecule has 6 nitrogen and oxygen atoms in total. The highest BCUT2D eigenvalue weighted by Gasteiger charge is 2.15. The van der Waals surface area contributed by atoms with Gasteiger partial charge in [0, 0.05) is 17.7 Å². The zero-order chi connectivity index (χ0) is 20.2. The third-order valence-corrected chi connectivity index (χ3v) is 3.65. The molecule has 0 bridgehead atoms. The van der Waals surface area contributed by atoms with Gasteiger partial charge in [0.2, 0.25) is 0 Å². The van der Waals surface area contributed by atoms with Crippen molar-refractivity contribution < 1.29 is 23.9 Å². The first-order valence-corrected chi connectivity index (χ1v) is 8.29. The number of nitrogens with one attached hydrogen (secondary N) is 2. The van der Waals surface area contributed by atoms with Gasteiger partial charge in [-0.1, -0.05) is 20.8 Å². The largest absolute Gasteiger partial charge is 0.478 e. The molecule has 2 amide bonds. The first kappa shape index (κ1) is 20.1. The van der Waals surface area contributed by atoms with Crippen molar-refractivity contribution in [2.75, 3.05) is 11.9 Å². The van der Waals surface area contributed by atoms with Crippen LogP contribution in [0, 0.1) is 11.2 Å². The fourth-order valence-electron chi connectivity index (χ4n) is 2.16. The highest BCUT2D eigenvalue weighted by molar-refractivity contribution is 6.05. The van der Waals surface area contributed by atoms with Gasteiger partial charge in [0.1, 0.15) is 5.82 Å². The second-order valence-electron chi connectivity index (χ2n) is 7.27. The minimum absolute atomic E-state index is 0.0459. The van der Waals surface area contributed by atoms with Gasteiger partial charge < -0.3 is 15.7 Å². The molecule has 0 heterocycles. The molecule has 2 aromatic rings. The van der Waals surface area contributed by atoms with Crippen molar-refractivity contribution in [1.29, 1.82) is 0 Å². The monoisotopic (exact) mass is 372 g/mol. The Hall–Kier alpha value is -3.22. The lowest BCUT2D eigenvalue weighted by molar-refractivity contribution is 0.0696. The lowest BCUT2D eigenvalue weighted by atomic mass is 9.97. The molecular formula is C20H21FN2O4. The SMILES string of the molecule is CC(C)(C)CNC(=O)c1ccc(C(=O)Nc2ccc(C(=O)O)cc2F)cc1. The maximum Gasteiger partial charge on any atom is 0.335 e. The van der Waals surface area contributed by atoms with Gasteiger partial charge in [0.25, 0.3) is 11.8 Å². The number of benzene rings is 2. The Morgan fingerprint density at radius 2 is 1.44 bits per heavy atom. The number of rotatable bonds is 5. The number of hydrogen-bond donors (Lipinski definition) is 3. The molecule has 3 N–H and O–H groups in total. The Morgan fingerprint density at radius 3 is 1.93 bits per heavy atom. The van der Waals surface area contributed by atoms with Crippen molar-refractivity contribution >= 4 is 23.5 Å². The number of halogens is 1. The van der Waals surface area contributed by atoms with Crippen molar-refractivity contribution in [3.05, 3.63) is 65.0 Å². The minimum atomic E-state index is -1.26. The topological polar surface area (TPSA) is 95.5 Å². The van der Waals surface area contributed by atoms with E-state index in [2.05, 4.69) is 10.6 Å². The number of anilines is 1. The van der Waals surface area contributed by atoms with Crippen molar-refractivity contribution in [3.63, 3.8) is 0 Å². The molecular weight excluding hydrogens is 351 g/mol. The lowest BCUT2D eigenvalue weighted by Crippen LogP contribution is -2.32. The quantitative estimate of drug-likeness (QED) is 0.748. The zero-order valence-electron chi connectivity index (χ0n) is 15.3. The van der Waals surface area contributed by atoms with Gasteiger partial charge in [0.05, 0.1) is 11.3 Å². The summed E-state index contributed by atoms with van der Waals surface area (Å²) in [5.41, 5.74) is 0.264. The molecule has 0 spiro atoms. The first-order valence-electron chi connectivity index (χ1n) is 8.29. The van der Waals surface area contributed by atoms with E-state index < -0.39 is 17.7 Å². The molecule has 27 heavy (non-hydrogen) atoms. The maximum atomic E-state index is 13.9. The normalized spacial score (nSPS) is 11.0. The van der Waals surface area contributed by atoms with E-state index in [4.69, 9.17) is 5.11 Å². The molecule has 7 heteroatoms. The summed E-state index contributed by atoms with van der Waals surface area (Å²) in [5.74, 6) is -2.92. The van der Waals surface area contributed by atoms with Crippen molar-refractivity contribution in [2.24, 2.45) is 5.41 Å². The first-order chi connectivity index (χ1) is 12.6. The van der Waals surface area contributed by atoms with Crippen LogP contribution in [0.3, 0.4) is 0 Å². The van der Waals surface area contributed by atoms with E-state index in [0.717, 1.165) is 6.07 Å². The number of aromatic carboxylic acids is 1.